The predicted molar refractivity (Wildman–Crippen MR) is 136 cm³/mol. The predicted octanol–water partition coefficient (Wildman–Crippen LogP) is 6.46. The van der Waals surface area contributed by atoms with Crippen LogP contribution in [0.25, 0.3) is 20.8 Å². The molecule has 0 aliphatic heterocycles. The van der Waals surface area contributed by atoms with Gasteiger partial charge in [0.2, 0.25) is 0 Å². The van der Waals surface area contributed by atoms with E-state index in [1.54, 1.807) is 23.5 Å². The molecule has 0 fully saturated rings. The lowest BCUT2D eigenvalue weighted by Gasteiger charge is -2.13. The van der Waals surface area contributed by atoms with Crippen molar-refractivity contribution in [2.75, 3.05) is 5.32 Å². The Bertz CT molecular complexity index is 1210. The highest BCUT2D eigenvalue weighted by atomic mass is 127. The summed E-state index contributed by atoms with van der Waals surface area (Å²) in [6.45, 7) is 0. The fourth-order valence-corrected chi connectivity index (χ4v) is 4.91. The number of para-hydroxylation sites is 1. The normalized spacial score (nSPS) is 10.7. The third-order valence-electron chi connectivity index (χ3n) is 4.10. The number of amides is 1. The number of anilines is 1. The lowest BCUT2D eigenvalue weighted by Crippen LogP contribution is -2.34. The molecule has 0 spiro atoms. The third-order valence-corrected chi connectivity index (χ3v) is 6.74. The molecule has 0 aliphatic carbocycles. The molecule has 0 unspecified atom stereocenters. The van der Waals surface area contributed by atoms with Crippen molar-refractivity contribution < 1.29 is 4.79 Å². The molecule has 4 rings (SSSR count). The summed E-state index contributed by atoms with van der Waals surface area (Å²) in [7, 11) is 0. The molecule has 0 saturated heterocycles. The molecule has 144 valence electrons. The van der Waals surface area contributed by atoms with E-state index in [0.29, 0.717) is 10.0 Å². The number of thiocarbonyl (C=S) groups is 1. The maximum atomic E-state index is 12.5. The van der Waals surface area contributed by atoms with Crippen LogP contribution in [0.15, 0.2) is 71.2 Å². The molecule has 2 N–H and O–H groups in total. The molecule has 1 amide bonds. The molecule has 4 nitrogen and oxygen atoms in total. The lowest BCUT2D eigenvalue weighted by molar-refractivity contribution is 0.0977. The van der Waals surface area contributed by atoms with Crippen molar-refractivity contribution in [3.63, 3.8) is 0 Å². The maximum Gasteiger partial charge on any atom is 0.258 e. The number of hydrogen-bond donors (Lipinski definition) is 2. The molecular formula is C21H13BrIN3OS2. The minimum absolute atomic E-state index is 0.231. The number of benzene rings is 3. The topological polar surface area (TPSA) is 54.0 Å². The lowest BCUT2D eigenvalue weighted by atomic mass is 10.2. The number of halogens is 2. The molecule has 0 saturated carbocycles. The minimum Gasteiger partial charge on any atom is -0.332 e. The van der Waals surface area contributed by atoms with Crippen molar-refractivity contribution in [2.24, 2.45) is 0 Å². The largest absolute Gasteiger partial charge is 0.332 e. The Labute approximate surface area is 199 Å². The second-order valence-corrected chi connectivity index (χ2v) is 9.60. The van der Waals surface area contributed by atoms with E-state index in [4.69, 9.17) is 17.2 Å². The highest BCUT2D eigenvalue weighted by Gasteiger charge is 2.15. The number of fused-ring (bicyclic) bond motifs is 1. The average molecular weight is 594 g/mol. The van der Waals surface area contributed by atoms with Crippen LogP contribution in [0.2, 0.25) is 0 Å². The summed E-state index contributed by atoms with van der Waals surface area (Å²) in [5, 5.41) is 7.01. The first-order valence-corrected chi connectivity index (χ1v) is 11.6. The molecule has 0 aliphatic rings. The van der Waals surface area contributed by atoms with Gasteiger partial charge in [-0.1, -0.05) is 24.3 Å². The van der Waals surface area contributed by atoms with Gasteiger partial charge in [0.15, 0.2) is 5.11 Å². The Balaban J connectivity index is 1.60. The number of carbonyl (C=O) groups is 1. The first kappa shape index (κ1) is 20.4. The van der Waals surface area contributed by atoms with Crippen LogP contribution in [0.5, 0.6) is 0 Å². The van der Waals surface area contributed by atoms with E-state index in [2.05, 4.69) is 61.3 Å². The molecule has 1 aromatic heterocycles. The van der Waals surface area contributed by atoms with Crippen molar-refractivity contribution >= 4 is 89.0 Å². The maximum absolute atomic E-state index is 12.5. The third kappa shape index (κ3) is 4.66. The van der Waals surface area contributed by atoms with E-state index in [1.807, 2.05) is 42.5 Å². The monoisotopic (exact) mass is 593 g/mol. The van der Waals surface area contributed by atoms with Crippen LogP contribution in [0.3, 0.4) is 0 Å². The van der Waals surface area contributed by atoms with E-state index < -0.39 is 0 Å². The van der Waals surface area contributed by atoms with Gasteiger partial charge in [-0.3, -0.25) is 10.1 Å². The van der Waals surface area contributed by atoms with Crippen molar-refractivity contribution in [3.8, 4) is 10.6 Å². The second kappa shape index (κ2) is 8.86. The molecule has 1 heterocycles. The molecular weight excluding hydrogens is 581 g/mol. The Morgan fingerprint density at radius 3 is 2.62 bits per heavy atom. The molecule has 29 heavy (non-hydrogen) atoms. The summed E-state index contributed by atoms with van der Waals surface area (Å²) in [6, 6.07) is 21.2. The van der Waals surface area contributed by atoms with Crippen LogP contribution in [0, 0.1) is 3.57 Å². The zero-order chi connectivity index (χ0) is 20.4. The van der Waals surface area contributed by atoms with Crippen LogP contribution >= 0.6 is 62.1 Å². The summed E-state index contributed by atoms with van der Waals surface area (Å²) in [4.78, 5) is 17.3. The molecule has 8 heteroatoms. The summed E-state index contributed by atoms with van der Waals surface area (Å²) in [6.07, 6.45) is 0. The van der Waals surface area contributed by atoms with Gasteiger partial charge in [0.05, 0.1) is 21.5 Å². The number of nitrogens with zero attached hydrogens (tertiary/aromatic N) is 1. The fraction of sp³-hybridized carbons (Fsp3) is 0. The van der Waals surface area contributed by atoms with Gasteiger partial charge >= 0.3 is 0 Å². The van der Waals surface area contributed by atoms with E-state index in [-0.39, 0.29) is 11.0 Å². The van der Waals surface area contributed by atoms with Gasteiger partial charge in [0.25, 0.3) is 5.91 Å². The fourth-order valence-electron chi connectivity index (χ4n) is 2.76. The minimum atomic E-state index is -0.276. The van der Waals surface area contributed by atoms with E-state index in [9.17, 15) is 4.79 Å². The van der Waals surface area contributed by atoms with Gasteiger partial charge in [-0.25, -0.2) is 4.98 Å². The molecule has 0 bridgehead atoms. The first-order chi connectivity index (χ1) is 14.0. The van der Waals surface area contributed by atoms with Crippen molar-refractivity contribution in [2.45, 2.75) is 0 Å². The van der Waals surface area contributed by atoms with E-state index >= 15 is 0 Å². The highest BCUT2D eigenvalue weighted by Crippen LogP contribution is 2.35. The quantitative estimate of drug-likeness (QED) is 0.211. The Kier molecular flexibility index (Phi) is 6.23. The standard InChI is InChI=1S/C21H13BrIN3OS2/c22-15-6-2-1-5-13(15)19(27)26-21(28)25-16-10-9-12(23)11-14(16)20-24-17-7-3-4-8-18(17)29-20/h1-11H,(H2,25,26,27,28). The van der Waals surface area contributed by atoms with Crippen molar-refractivity contribution in [1.82, 2.24) is 10.3 Å². The molecule has 4 aromatic rings. The molecule has 0 radical (unpaired) electrons. The van der Waals surface area contributed by atoms with Gasteiger partial charge in [0.1, 0.15) is 5.01 Å². The summed E-state index contributed by atoms with van der Waals surface area (Å²) < 4.78 is 2.92. The zero-order valence-electron chi connectivity index (χ0n) is 14.8. The summed E-state index contributed by atoms with van der Waals surface area (Å²) >= 11 is 12.7. The Morgan fingerprint density at radius 1 is 1.07 bits per heavy atom. The number of aromatic nitrogens is 1. The smallest absolute Gasteiger partial charge is 0.258 e. The first-order valence-electron chi connectivity index (χ1n) is 8.53. The number of rotatable bonds is 3. The van der Waals surface area contributed by atoms with Gasteiger partial charge in [-0.05, 0) is 93.2 Å². The van der Waals surface area contributed by atoms with Crippen molar-refractivity contribution in [3.05, 3.63) is 80.3 Å². The molecule has 3 aromatic carbocycles. The van der Waals surface area contributed by atoms with E-state index in [0.717, 1.165) is 30.0 Å². The van der Waals surface area contributed by atoms with Crippen LogP contribution in [-0.4, -0.2) is 16.0 Å². The Morgan fingerprint density at radius 2 is 1.83 bits per heavy atom. The van der Waals surface area contributed by atoms with Crippen molar-refractivity contribution in [1.29, 1.82) is 0 Å². The number of hydrogen-bond acceptors (Lipinski definition) is 4. The average Bonchev–Trinajstić information content (AvgIpc) is 3.13. The number of nitrogens with one attached hydrogen (secondary N) is 2. The summed E-state index contributed by atoms with van der Waals surface area (Å²) in [5.74, 6) is -0.276. The Hall–Kier alpha value is -1.88. The van der Waals surface area contributed by atoms with Crippen LogP contribution in [0.1, 0.15) is 10.4 Å². The van der Waals surface area contributed by atoms with Gasteiger partial charge in [-0.15, -0.1) is 11.3 Å². The highest BCUT2D eigenvalue weighted by molar-refractivity contribution is 14.1. The van der Waals surface area contributed by atoms with Crippen LogP contribution < -0.4 is 10.6 Å². The number of carbonyl (C=O) groups excluding carboxylic acids is 1. The SMILES string of the molecule is O=C(NC(=S)Nc1ccc(I)cc1-c1nc2ccccc2s1)c1ccccc1Br. The van der Waals surface area contributed by atoms with Gasteiger partial charge in [0, 0.05) is 13.6 Å². The van der Waals surface area contributed by atoms with Crippen LogP contribution in [-0.2, 0) is 0 Å². The van der Waals surface area contributed by atoms with Gasteiger partial charge < -0.3 is 5.32 Å². The summed E-state index contributed by atoms with van der Waals surface area (Å²) in [5.41, 5.74) is 3.21. The number of thiazole rings is 1. The van der Waals surface area contributed by atoms with Gasteiger partial charge in [-0.2, -0.15) is 0 Å². The zero-order valence-corrected chi connectivity index (χ0v) is 20.2. The second-order valence-electron chi connectivity index (χ2n) is 6.06. The molecule has 0 atom stereocenters. The van der Waals surface area contributed by atoms with Crippen LogP contribution in [0.4, 0.5) is 5.69 Å². The van der Waals surface area contributed by atoms with E-state index in [1.165, 1.54) is 0 Å².